The van der Waals surface area contributed by atoms with Crippen LogP contribution in [0.5, 0.6) is 0 Å². The number of piperidine rings is 1. The molecule has 0 unspecified atom stereocenters. The molecule has 0 saturated carbocycles. The summed E-state index contributed by atoms with van der Waals surface area (Å²) in [5.41, 5.74) is 4.94. The summed E-state index contributed by atoms with van der Waals surface area (Å²) in [5.74, 6) is 0.519. The number of aromatic amines is 1. The van der Waals surface area contributed by atoms with Gasteiger partial charge in [0.2, 0.25) is 0 Å². The van der Waals surface area contributed by atoms with Crippen LogP contribution in [-0.2, 0) is 17.8 Å². The van der Waals surface area contributed by atoms with Crippen LogP contribution in [0.4, 0.5) is 0 Å². The Labute approximate surface area is 165 Å². The van der Waals surface area contributed by atoms with Crippen LogP contribution in [0.25, 0.3) is 11.0 Å². The lowest BCUT2D eigenvalue weighted by molar-refractivity contribution is 0.0339. The highest BCUT2D eigenvalue weighted by atomic mass is 16.5. The maximum atomic E-state index is 5.73. The number of benzene rings is 1. The van der Waals surface area contributed by atoms with Crippen molar-refractivity contribution in [3.63, 3.8) is 0 Å². The number of hydrogen-bond donors (Lipinski definition) is 1. The molecule has 0 radical (unpaired) electrons. The topological polar surface area (TPSA) is 57.5 Å². The molecule has 2 saturated heterocycles. The SMILES string of the molecule is c1ccc2c(CN3CCC[C@@H](c4[nH]ncc4CN4CCOCC4)C3)coc2c1. The van der Waals surface area contributed by atoms with Gasteiger partial charge in [0.25, 0.3) is 0 Å². The monoisotopic (exact) mass is 380 g/mol. The first-order valence-electron chi connectivity index (χ1n) is 10.4. The quantitative estimate of drug-likeness (QED) is 0.735. The molecule has 6 heteroatoms. The Kier molecular flexibility index (Phi) is 5.16. The fraction of sp³-hybridized carbons (Fsp3) is 0.500. The summed E-state index contributed by atoms with van der Waals surface area (Å²) in [6.07, 6.45) is 6.39. The number of aromatic nitrogens is 2. The average Bonchev–Trinajstić information content (AvgIpc) is 3.36. The fourth-order valence-electron chi connectivity index (χ4n) is 4.63. The highest BCUT2D eigenvalue weighted by molar-refractivity contribution is 5.80. The summed E-state index contributed by atoms with van der Waals surface area (Å²) in [6, 6.07) is 8.31. The van der Waals surface area contributed by atoms with E-state index >= 15 is 0 Å². The van der Waals surface area contributed by atoms with Gasteiger partial charge >= 0.3 is 0 Å². The highest BCUT2D eigenvalue weighted by Crippen LogP contribution is 2.30. The molecule has 2 aromatic heterocycles. The number of fused-ring (bicyclic) bond motifs is 1. The van der Waals surface area contributed by atoms with Gasteiger partial charge in [-0.25, -0.2) is 0 Å². The Morgan fingerprint density at radius 1 is 1.04 bits per heavy atom. The summed E-state index contributed by atoms with van der Waals surface area (Å²) in [4.78, 5) is 5.03. The average molecular weight is 380 g/mol. The van der Waals surface area contributed by atoms with Gasteiger partial charge in [-0.05, 0) is 25.5 Å². The van der Waals surface area contributed by atoms with Crippen molar-refractivity contribution in [1.82, 2.24) is 20.0 Å². The van der Waals surface area contributed by atoms with E-state index in [2.05, 4.69) is 32.1 Å². The van der Waals surface area contributed by atoms with Crippen LogP contribution in [-0.4, -0.2) is 59.4 Å². The minimum absolute atomic E-state index is 0.519. The third-order valence-electron chi connectivity index (χ3n) is 6.12. The third kappa shape index (κ3) is 3.72. The Hall–Kier alpha value is -2.15. The summed E-state index contributed by atoms with van der Waals surface area (Å²) in [6.45, 7) is 7.81. The predicted octanol–water partition coefficient (Wildman–Crippen LogP) is 3.37. The summed E-state index contributed by atoms with van der Waals surface area (Å²) < 4.78 is 11.2. The number of nitrogens with zero attached hydrogens (tertiary/aromatic N) is 3. The Morgan fingerprint density at radius 3 is 2.82 bits per heavy atom. The van der Waals surface area contributed by atoms with Gasteiger partial charge in [-0.1, -0.05) is 18.2 Å². The molecule has 0 spiro atoms. The smallest absolute Gasteiger partial charge is 0.134 e. The maximum absolute atomic E-state index is 5.73. The van der Waals surface area contributed by atoms with E-state index in [-0.39, 0.29) is 0 Å². The van der Waals surface area contributed by atoms with Gasteiger partial charge in [0, 0.05) is 60.8 Å². The Bertz CT molecular complexity index is 912. The van der Waals surface area contributed by atoms with E-state index in [4.69, 9.17) is 9.15 Å². The van der Waals surface area contributed by atoms with E-state index < -0.39 is 0 Å². The Morgan fingerprint density at radius 2 is 1.89 bits per heavy atom. The van der Waals surface area contributed by atoms with Crippen LogP contribution in [0.15, 0.2) is 41.1 Å². The molecule has 1 N–H and O–H groups in total. The van der Waals surface area contributed by atoms with E-state index in [9.17, 15) is 0 Å². The maximum Gasteiger partial charge on any atom is 0.134 e. The van der Waals surface area contributed by atoms with Crippen LogP contribution in [0.2, 0.25) is 0 Å². The van der Waals surface area contributed by atoms with Crippen molar-refractivity contribution in [2.45, 2.75) is 31.8 Å². The molecule has 1 aromatic carbocycles. The van der Waals surface area contributed by atoms with E-state index in [1.54, 1.807) is 0 Å². The molecule has 2 aliphatic heterocycles. The van der Waals surface area contributed by atoms with Gasteiger partial charge < -0.3 is 9.15 Å². The zero-order chi connectivity index (χ0) is 18.8. The molecular weight excluding hydrogens is 352 g/mol. The second kappa shape index (κ2) is 8.07. The van der Waals surface area contributed by atoms with E-state index in [1.807, 2.05) is 24.6 Å². The largest absolute Gasteiger partial charge is 0.464 e. The second-order valence-electron chi connectivity index (χ2n) is 8.03. The molecule has 0 aliphatic carbocycles. The van der Waals surface area contributed by atoms with Crippen LogP contribution < -0.4 is 0 Å². The zero-order valence-electron chi connectivity index (χ0n) is 16.3. The summed E-state index contributed by atoms with van der Waals surface area (Å²) in [7, 11) is 0. The second-order valence-corrected chi connectivity index (χ2v) is 8.03. The molecule has 6 nitrogen and oxygen atoms in total. The number of likely N-dealkylation sites (tertiary alicyclic amines) is 1. The first-order valence-corrected chi connectivity index (χ1v) is 10.4. The first kappa shape index (κ1) is 17.9. The molecule has 5 rings (SSSR count). The van der Waals surface area contributed by atoms with Crippen molar-refractivity contribution >= 4 is 11.0 Å². The number of nitrogens with one attached hydrogen (secondary N) is 1. The first-order chi connectivity index (χ1) is 13.9. The van der Waals surface area contributed by atoms with Gasteiger partial charge in [0.05, 0.1) is 25.7 Å². The molecule has 4 heterocycles. The lowest BCUT2D eigenvalue weighted by Crippen LogP contribution is -2.37. The molecule has 2 aliphatic rings. The third-order valence-corrected chi connectivity index (χ3v) is 6.12. The van der Waals surface area contributed by atoms with Crippen LogP contribution in [0, 0.1) is 0 Å². The minimum Gasteiger partial charge on any atom is -0.464 e. The van der Waals surface area contributed by atoms with E-state index in [0.29, 0.717) is 5.92 Å². The number of morpholine rings is 1. The molecular formula is C22H28N4O2. The number of ether oxygens (including phenoxy) is 1. The van der Waals surface area contributed by atoms with Crippen molar-refractivity contribution in [3.05, 3.63) is 53.5 Å². The molecule has 0 amide bonds. The Balaban J connectivity index is 1.28. The minimum atomic E-state index is 0.519. The van der Waals surface area contributed by atoms with Crippen LogP contribution in [0.1, 0.15) is 35.6 Å². The summed E-state index contributed by atoms with van der Waals surface area (Å²) >= 11 is 0. The number of hydrogen-bond acceptors (Lipinski definition) is 5. The lowest BCUT2D eigenvalue weighted by atomic mass is 9.92. The van der Waals surface area contributed by atoms with Crippen LogP contribution in [0.3, 0.4) is 0 Å². The summed E-state index contributed by atoms with van der Waals surface area (Å²) in [5, 5.41) is 8.94. The predicted molar refractivity (Wildman–Crippen MR) is 108 cm³/mol. The normalized spacial score (nSPS) is 22.1. The van der Waals surface area contributed by atoms with Gasteiger partial charge in [0.15, 0.2) is 0 Å². The van der Waals surface area contributed by atoms with Gasteiger partial charge in [-0.3, -0.25) is 14.9 Å². The number of H-pyrrole nitrogens is 1. The molecule has 1 atom stereocenters. The van der Waals surface area contributed by atoms with Crippen molar-refractivity contribution < 1.29 is 9.15 Å². The van der Waals surface area contributed by atoms with Crippen LogP contribution >= 0.6 is 0 Å². The van der Waals surface area contributed by atoms with Crippen molar-refractivity contribution in [2.75, 3.05) is 39.4 Å². The van der Waals surface area contributed by atoms with Gasteiger partial charge in [-0.2, -0.15) is 5.10 Å². The van der Waals surface area contributed by atoms with Gasteiger partial charge in [-0.15, -0.1) is 0 Å². The fourth-order valence-corrected chi connectivity index (χ4v) is 4.63. The van der Waals surface area contributed by atoms with E-state index in [0.717, 1.165) is 58.1 Å². The van der Waals surface area contributed by atoms with Gasteiger partial charge in [0.1, 0.15) is 5.58 Å². The lowest BCUT2D eigenvalue weighted by Gasteiger charge is -2.33. The highest BCUT2D eigenvalue weighted by Gasteiger charge is 2.26. The van der Waals surface area contributed by atoms with E-state index in [1.165, 1.54) is 35.0 Å². The molecule has 0 bridgehead atoms. The van der Waals surface area contributed by atoms with Crippen molar-refractivity contribution in [2.24, 2.45) is 0 Å². The molecule has 3 aromatic rings. The number of rotatable bonds is 5. The number of para-hydroxylation sites is 1. The standard InChI is InChI=1S/C22H28N4O2/c1-2-6-21-20(5-1)19(16-28-21)15-26-7-3-4-17(13-26)22-18(12-23-24-22)14-25-8-10-27-11-9-25/h1-2,5-6,12,16-17H,3-4,7-11,13-15H2,(H,23,24)/t17-/m1/s1. The number of furan rings is 1. The van der Waals surface area contributed by atoms with Crippen molar-refractivity contribution in [1.29, 1.82) is 0 Å². The molecule has 28 heavy (non-hydrogen) atoms. The zero-order valence-corrected chi connectivity index (χ0v) is 16.3. The van der Waals surface area contributed by atoms with Crippen molar-refractivity contribution in [3.8, 4) is 0 Å². The molecule has 148 valence electrons. The molecule has 2 fully saturated rings.